The number of halogens is 1. The topological polar surface area (TPSA) is 93.5 Å². The lowest BCUT2D eigenvalue weighted by atomic mass is 10.0. The number of pyridine rings is 1. The summed E-state index contributed by atoms with van der Waals surface area (Å²) in [6.07, 6.45) is 7.32. The van der Waals surface area contributed by atoms with Crippen molar-refractivity contribution < 1.29 is 13.9 Å². The average Bonchev–Trinajstić information content (AvgIpc) is 3.35. The second-order valence-electron chi connectivity index (χ2n) is 11.3. The lowest BCUT2D eigenvalue weighted by Gasteiger charge is -2.21. The van der Waals surface area contributed by atoms with Crippen molar-refractivity contribution in [1.29, 1.82) is 0 Å². The highest BCUT2D eigenvalue weighted by molar-refractivity contribution is 7.19. The average molecular weight is 574 g/mol. The van der Waals surface area contributed by atoms with Gasteiger partial charge in [0.2, 0.25) is 0 Å². The molecule has 0 bridgehead atoms. The quantitative estimate of drug-likeness (QED) is 0.248. The fourth-order valence-corrected chi connectivity index (χ4v) is 7.24. The molecule has 2 unspecified atom stereocenters. The Morgan fingerprint density at radius 1 is 1.22 bits per heavy atom. The van der Waals surface area contributed by atoms with Crippen LogP contribution in [-0.4, -0.2) is 68.0 Å². The van der Waals surface area contributed by atoms with Crippen LogP contribution in [-0.2, 0) is 0 Å². The van der Waals surface area contributed by atoms with Crippen LogP contribution in [0.4, 0.5) is 4.39 Å². The molecular formula is C30H32FN7O2S. The zero-order valence-electron chi connectivity index (χ0n) is 23.4. The van der Waals surface area contributed by atoms with Crippen molar-refractivity contribution in [3.05, 3.63) is 54.4 Å². The van der Waals surface area contributed by atoms with E-state index in [0.29, 0.717) is 39.2 Å². The Labute approximate surface area is 241 Å². The first kappa shape index (κ1) is 26.1. The standard InChI is InChI=1S/C30H32FN7O2S/c1-18-24(29-34-26(27(41-29)28-32-17-33-35-28)25-21(31)5-4-6-23(25)39-3)22-15-20(8-11-38(22)36-18)40-14-13-37-10-7-19-16-30(19,2)9-12-37/h4-6,8,11,15,17,19H,7,9-10,12-14,16H2,1-3H3,(H,32,33,35). The molecule has 1 N–H and O–H groups in total. The summed E-state index contributed by atoms with van der Waals surface area (Å²) in [7, 11) is 1.52. The van der Waals surface area contributed by atoms with E-state index in [2.05, 4.69) is 27.0 Å². The van der Waals surface area contributed by atoms with E-state index >= 15 is 4.39 Å². The summed E-state index contributed by atoms with van der Waals surface area (Å²) < 4.78 is 28.8. The molecule has 212 valence electrons. The highest BCUT2D eigenvalue weighted by Crippen LogP contribution is 2.57. The Balaban J connectivity index is 1.20. The maximum absolute atomic E-state index is 15.2. The summed E-state index contributed by atoms with van der Waals surface area (Å²) in [5.41, 5.74) is 3.84. The number of hydrogen-bond acceptors (Lipinski definition) is 8. The molecule has 41 heavy (non-hydrogen) atoms. The van der Waals surface area contributed by atoms with Crippen molar-refractivity contribution in [1.82, 2.24) is 34.7 Å². The number of likely N-dealkylation sites (tertiary alicyclic amines) is 1. The normalized spacial score (nSPS) is 20.6. The highest BCUT2D eigenvalue weighted by atomic mass is 32.1. The number of ether oxygens (including phenoxy) is 2. The summed E-state index contributed by atoms with van der Waals surface area (Å²) in [6.45, 7) is 8.23. The van der Waals surface area contributed by atoms with Crippen molar-refractivity contribution >= 4 is 16.9 Å². The van der Waals surface area contributed by atoms with E-state index in [9.17, 15) is 0 Å². The summed E-state index contributed by atoms with van der Waals surface area (Å²) in [4.78, 5) is 12.5. The Bertz CT molecular complexity index is 1720. The molecule has 2 aliphatic rings. The molecule has 4 aromatic heterocycles. The van der Waals surface area contributed by atoms with Gasteiger partial charge in [-0.3, -0.25) is 10.00 Å². The second kappa shape index (κ2) is 10.2. The van der Waals surface area contributed by atoms with Crippen LogP contribution >= 0.6 is 11.3 Å². The van der Waals surface area contributed by atoms with Gasteiger partial charge in [-0.05, 0) is 68.8 Å². The van der Waals surface area contributed by atoms with Crippen molar-refractivity contribution in [3.63, 3.8) is 0 Å². The summed E-state index contributed by atoms with van der Waals surface area (Å²) >= 11 is 1.41. The highest BCUT2D eigenvalue weighted by Gasteiger charge is 2.50. The third kappa shape index (κ3) is 4.76. The van der Waals surface area contributed by atoms with Crippen LogP contribution in [0.2, 0.25) is 0 Å². The van der Waals surface area contributed by atoms with E-state index in [1.54, 1.807) is 12.1 Å². The number of aryl methyl sites for hydroxylation is 1. The van der Waals surface area contributed by atoms with Crippen LogP contribution in [0.25, 0.3) is 38.0 Å². The molecule has 1 aliphatic carbocycles. The number of benzene rings is 1. The van der Waals surface area contributed by atoms with Crippen LogP contribution in [0.1, 0.15) is 31.9 Å². The van der Waals surface area contributed by atoms with E-state index in [1.165, 1.54) is 50.1 Å². The van der Waals surface area contributed by atoms with Crippen LogP contribution in [0.3, 0.4) is 0 Å². The number of H-pyrrole nitrogens is 1. The molecule has 0 amide bonds. The minimum atomic E-state index is -0.426. The fraction of sp³-hybridized carbons (Fsp3) is 0.400. The molecule has 1 saturated heterocycles. The Kier molecular flexibility index (Phi) is 6.50. The molecule has 1 aromatic carbocycles. The third-order valence-corrected chi connectivity index (χ3v) is 9.77. The van der Waals surface area contributed by atoms with Gasteiger partial charge in [0.15, 0.2) is 5.82 Å². The third-order valence-electron chi connectivity index (χ3n) is 8.69. The first-order valence-corrected chi connectivity index (χ1v) is 14.8. The molecule has 0 spiro atoms. The molecular weight excluding hydrogens is 541 g/mol. The van der Waals surface area contributed by atoms with Gasteiger partial charge in [-0.1, -0.05) is 13.0 Å². The van der Waals surface area contributed by atoms with E-state index in [0.717, 1.165) is 48.1 Å². The Hall–Kier alpha value is -3.83. The second-order valence-corrected chi connectivity index (χ2v) is 12.3. The van der Waals surface area contributed by atoms with E-state index < -0.39 is 5.82 Å². The van der Waals surface area contributed by atoms with Crippen molar-refractivity contribution in [2.75, 3.05) is 33.4 Å². The molecule has 2 atom stereocenters. The van der Waals surface area contributed by atoms with Crippen LogP contribution < -0.4 is 9.47 Å². The SMILES string of the molecule is COc1cccc(F)c1-c1nc(-c2c(C)nn3ccc(OCCN4CCC5CC5(C)CC4)cc23)sc1-c1ncn[nH]1. The number of aromatic amines is 1. The van der Waals surface area contributed by atoms with Crippen molar-refractivity contribution in [3.8, 4) is 44.0 Å². The monoisotopic (exact) mass is 573 g/mol. The fourth-order valence-electron chi connectivity index (χ4n) is 6.12. The van der Waals surface area contributed by atoms with E-state index in [1.807, 2.05) is 29.8 Å². The zero-order valence-corrected chi connectivity index (χ0v) is 24.2. The largest absolute Gasteiger partial charge is 0.496 e. The maximum atomic E-state index is 15.2. The van der Waals surface area contributed by atoms with Gasteiger partial charge in [-0.25, -0.2) is 18.9 Å². The van der Waals surface area contributed by atoms with Gasteiger partial charge in [0, 0.05) is 18.8 Å². The molecule has 5 heterocycles. The van der Waals surface area contributed by atoms with E-state index in [-0.39, 0.29) is 5.56 Å². The molecule has 0 radical (unpaired) electrons. The number of hydrogen-bond donors (Lipinski definition) is 1. The van der Waals surface area contributed by atoms with Crippen LogP contribution in [0.15, 0.2) is 42.9 Å². The smallest absolute Gasteiger partial charge is 0.167 e. The number of aromatic nitrogens is 6. The zero-order chi connectivity index (χ0) is 28.1. The molecule has 2 fully saturated rings. The number of fused-ring (bicyclic) bond motifs is 2. The van der Waals surface area contributed by atoms with Gasteiger partial charge < -0.3 is 9.47 Å². The molecule has 9 nitrogen and oxygen atoms in total. The lowest BCUT2D eigenvalue weighted by Crippen LogP contribution is -2.30. The number of nitrogens with zero attached hydrogens (tertiary/aromatic N) is 6. The predicted molar refractivity (Wildman–Crippen MR) is 156 cm³/mol. The molecule has 1 aliphatic heterocycles. The minimum Gasteiger partial charge on any atom is -0.496 e. The van der Waals surface area contributed by atoms with Gasteiger partial charge in [0.25, 0.3) is 0 Å². The van der Waals surface area contributed by atoms with Gasteiger partial charge >= 0.3 is 0 Å². The van der Waals surface area contributed by atoms with Gasteiger partial charge in [0.05, 0.1) is 40.0 Å². The maximum Gasteiger partial charge on any atom is 0.167 e. The molecule has 5 aromatic rings. The van der Waals surface area contributed by atoms with Crippen molar-refractivity contribution in [2.24, 2.45) is 11.3 Å². The molecule has 1 saturated carbocycles. The number of rotatable bonds is 8. The Morgan fingerprint density at radius 3 is 2.95 bits per heavy atom. The van der Waals surface area contributed by atoms with Gasteiger partial charge in [0.1, 0.15) is 35.3 Å². The first-order valence-electron chi connectivity index (χ1n) is 14.0. The number of methoxy groups -OCH3 is 1. The molecule has 11 heteroatoms. The van der Waals surface area contributed by atoms with Crippen molar-refractivity contribution in [2.45, 2.75) is 33.1 Å². The van der Waals surface area contributed by atoms with Gasteiger partial charge in [-0.15, -0.1) is 11.3 Å². The minimum absolute atomic E-state index is 0.279. The first-order chi connectivity index (χ1) is 19.9. The van der Waals surface area contributed by atoms with Crippen LogP contribution in [0.5, 0.6) is 11.5 Å². The predicted octanol–water partition coefficient (Wildman–Crippen LogP) is 5.87. The van der Waals surface area contributed by atoms with E-state index in [4.69, 9.17) is 19.6 Å². The van der Waals surface area contributed by atoms with Gasteiger partial charge in [-0.2, -0.15) is 10.2 Å². The summed E-state index contributed by atoms with van der Waals surface area (Å²) in [5, 5.41) is 12.3. The summed E-state index contributed by atoms with van der Waals surface area (Å²) in [5.74, 6) is 2.17. The molecule has 7 rings (SSSR count). The number of nitrogens with one attached hydrogen (secondary N) is 1. The lowest BCUT2D eigenvalue weighted by molar-refractivity contribution is 0.206. The van der Waals surface area contributed by atoms with Crippen LogP contribution in [0, 0.1) is 24.1 Å². The Morgan fingerprint density at radius 2 is 2.12 bits per heavy atom. The summed E-state index contributed by atoms with van der Waals surface area (Å²) in [6, 6.07) is 8.69. The number of thiazole rings is 1.